The van der Waals surface area contributed by atoms with Gasteiger partial charge < -0.3 is 15.9 Å². The van der Waals surface area contributed by atoms with Gasteiger partial charge in [0.15, 0.2) is 0 Å². The molecule has 0 saturated heterocycles. The number of aromatic hydroxyl groups is 2. The first kappa shape index (κ1) is 13.3. The lowest BCUT2D eigenvalue weighted by atomic mass is 10.1. The second-order valence-electron chi connectivity index (χ2n) is 5.04. The van der Waals surface area contributed by atoms with Crippen LogP contribution < -0.4 is 11.2 Å². The molecule has 0 atom stereocenters. The van der Waals surface area contributed by atoms with Gasteiger partial charge in [-0.25, -0.2) is 4.52 Å². The Morgan fingerprint density at radius 1 is 1.23 bits per heavy atom. The number of nitrogens with two attached hydrogens (primary N) is 1. The number of benzene rings is 2. The Kier molecular flexibility index (Phi) is 2.60. The molecule has 0 spiro atoms. The summed E-state index contributed by atoms with van der Waals surface area (Å²) in [6.07, 6.45) is 0. The van der Waals surface area contributed by atoms with Crippen LogP contribution in [0.2, 0.25) is 0 Å². The average molecular weight is 360 g/mol. The highest BCUT2D eigenvalue weighted by Crippen LogP contribution is 2.38. The minimum atomic E-state index is -0.356. The Morgan fingerprint density at radius 3 is 2.68 bits per heavy atom. The first-order valence-electron chi connectivity index (χ1n) is 6.54. The van der Waals surface area contributed by atoms with Crippen molar-refractivity contribution in [2.75, 3.05) is 0 Å². The fourth-order valence-electron chi connectivity index (χ4n) is 2.91. The van der Waals surface area contributed by atoms with Crippen molar-refractivity contribution in [3.8, 4) is 11.5 Å². The van der Waals surface area contributed by atoms with E-state index in [9.17, 15) is 15.0 Å². The van der Waals surface area contributed by atoms with Crippen LogP contribution in [0.25, 0.3) is 27.2 Å². The Balaban J connectivity index is 2.46. The highest BCUT2D eigenvalue weighted by Gasteiger charge is 2.21. The van der Waals surface area contributed by atoms with Gasteiger partial charge in [-0.3, -0.25) is 4.79 Å². The van der Waals surface area contributed by atoms with E-state index >= 15 is 0 Å². The minimum absolute atomic E-state index is 0.0264. The van der Waals surface area contributed by atoms with Crippen molar-refractivity contribution in [3.05, 3.63) is 44.7 Å². The number of fused-ring (bicyclic) bond motifs is 2. The summed E-state index contributed by atoms with van der Waals surface area (Å²) in [6.45, 7) is 0.208. The van der Waals surface area contributed by atoms with Gasteiger partial charge in [-0.1, -0.05) is 12.1 Å². The number of phenols is 2. The first-order chi connectivity index (χ1) is 10.5. The molecule has 0 radical (unpaired) electrons. The summed E-state index contributed by atoms with van der Waals surface area (Å²) >= 11 is 3.14. The Hall–Kier alpha value is -2.38. The number of phenolic OH excluding ortho intramolecular Hbond substituents is 2. The summed E-state index contributed by atoms with van der Waals surface area (Å²) in [5.41, 5.74) is 6.76. The minimum Gasteiger partial charge on any atom is -0.506 e. The van der Waals surface area contributed by atoms with Crippen molar-refractivity contribution in [1.82, 2.24) is 9.61 Å². The number of aromatic nitrogens is 2. The molecule has 0 bridgehead atoms. The Bertz CT molecular complexity index is 1120. The molecule has 7 heteroatoms. The largest absolute Gasteiger partial charge is 0.506 e. The third-order valence-corrected chi connectivity index (χ3v) is 4.47. The number of para-hydroxylation sites is 1. The zero-order valence-electron chi connectivity index (χ0n) is 11.2. The Morgan fingerprint density at radius 2 is 1.95 bits per heavy atom. The van der Waals surface area contributed by atoms with Crippen molar-refractivity contribution in [1.29, 1.82) is 0 Å². The highest BCUT2D eigenvalue weighted by atomic mass is 79.9. The number of hydrogen-bond acceptors (Lipinski definition) is 5. The maximum atomic E-state index is 12.8. The normalized spacial score (nSPS) is 11.9. The van der Waals surface area contributed by atoms with Crippen LogP contribution in [0.3, 0.4) is 0 Å². The monoisotopic (exact) mass is 359 g/mol. The molecule has 0 aliphatic carbocycles. The van der Waals surface area contributed by atoms with Gasteiger partial charge in [0.2, 0.25) is 5.43 Å². The van der Waals surface area contributed by atoms with E-state index in [-0.39, 0.29) is 38.8 Å². The first-order valence-corrected chi connectivity index (χ1v) is 7.34. The van der Waals surface area contributed by atoms with Crippen LogP contribution in [-0.2, 0) is 6.54 Å². The third kappa shape index (κ3) is 1.47. The van der Waals surface area contributed by atoms with Crippen LogP contribution in [0.5, 0.6) is 11.5 Å². The molecule has 0 aliphatic rings. The fraction of sp³-hybridized carbons (Fsp3) is 0.0667. The van der Waals surface area contributed by atoms with Gasteiger partial charge in [-0.15, -0.1) is 0 Å². The molecule has 0 amide bonds. The molecule has 6 nitrogen and oxygen atoms in total. The van der Waals surface area contributed by atoms with E-state index in [1.807, 2.05) is 6.07 Å². The third-order valence-electron chi connectivity index (χ3n) is 3.86. The molecule has 2 aromatic carbocycles. The van der Waals surface area contributed by atoms with E-state index in [0.29, 0.717) is 16.6 Å². The lowest BCUT2D eigenvalue weighted by molar-refractivity contribution is 0.464. The number of halogens is 1. The van der Waals surface area contributed by atoms with Crippen LogP contribution in [0.15, 0.2) is 33.5 Å². The molecule has 0 saturated carbocycles. The maximum absolute atomic E-state index is 12.8. The molecule has 110 valence electrons. The van der Waals surface area contributed by atoms with Crippen molar-refractivity contribution in [2.45, 2.75) is 6.54 Å². The maximum Gasteiger partial charge on any atom is 0.201 e. The lowest BCUT2D eigenvalue weighted by Crippen LogP contribution is -2.07. The Labute approximate surface area is 131 Å². The molecule has 22 heavy (non-hydrogen) atoms. The zero-order chi connectivity index (χ0) is 15.6. The van der Waals surface area contributed by atoms with E-state index in [2.05, 4.69) is 21.0 Å². The summed E-state index contributed by atoms with van der Waals surface area (Å²) in [5, 5.41) is 26.1. The van der Waals surface area contributed by atoms with E-state index in [1.54, 1.807) is 12.1 Å². The van der Waals surface area contributed by atoms with Crippen LogP contribution >= 0.6 is 15.9 Å². The molecule has 0 fully saturated rings. The molecular weight excluding hydrogens is 350 g/mol. The van der Waals surface area contributed by atoms with Gasteiger partial charge in [-0.05, 0) is 22.0 Å². The van der Waals surface area contributed by atoms with Crippen molar-refractivity contribution in [3.63, 3.8) is 0 Å². The smallest absolute Gasteiger partial charge is 0.201 e. The number of pyridine rings is 1. The standard InChI is InChI=1S/C15H10BrN3O3/c16-8-4-10(20)13-11(15(8)22)14(21)7-3-1-2-6-9(5-17)18-19(13)12(6)7/h1-4,20,22H,5,17H2. The predicted octanol–water partition coefficient (Wildman–Crippen LogP) is 2.07. The van der Waals surface area contributed by atoms with E-state index in [0.717, 1.165) is 5.39 Å². The van der Waals surface area contributed by atoms with Crippen LogP contribution in [-0.4, -0.2) is 19.8 Å². The molecule has 0 aliphatic heterocycles. The van der Waals surface area contributed by atoms with Gasteiger partial charge in [0.05, 0.1) is 21.1 Å². The quantitative estimate of drug-likeness (QED) is 0.356. The summed E-state index contributed by atoms with van der Waals surface area (Å²) in [4.78, 5) is 12.8. The average Bonchev–Trinajstić information content (AvgIpc) is 2.88. The van der Waals surface area contributed by atoms with Gasteiger partial charge >= 0.3 is 0 Å². The molecular formula is C15H10BrN3O3. The molecule has 2 aromatic heterocycles. The summed E-state index contributed by atoms with van der Waals surface area (Å²) in [5.74, 6) is -0.360. The second-order valence-corrected chi connectivity index (χ2v) is 5.90. The predicted molar refractivity (Wildman–Crippen MR) is 86.6 cm³/mol. The van der Waals surface area contributed by atoms with Crippen molar-refractivity contribution < 1.29 is 10.2 Å². The SMILES string of the molecule is NCc1nn2c3c(O)cc(Br)c(O)c3c(=O)c3cccc1c32. The van der Waals surface area contributed by atoms with Crippen molar-refractivity contribution >= 4 is 43.1 Å². The number of rotatable bonds is 1. The summed E-state index contributed by atoms with van der Waals surface area (Å²) in [6, 6.07) is 6.59. The zero-order valence-corrected chi connectivity index (χ0v) is 12.8. The van der Waals surface area contributed by atoms with E-state index in [4.69, 9.17) is 5.73 Å². The molecule has 0 unspecified atom stereocenters. The molecule has 4 N–H and O–H groups in total. The highest BCUT2D eigenvalue weighted by molar-refractivity contribution is 9.10. The number of hydrogen-bond donors (Lipinski definition) is 3. The van der Waals surface area contributed by atoms with Crippen LogP contribution in [0.4, 0.5) is 0 Å². The van der Waals surface area contributed by atoms with Crippen LogP contribution in [0.1, 0.15) is 5.69 Å². The van der Waals surface area contributed by atoms with Crippen molar-refractivity contribution in [2.24, 2.45) is 5.73 Å². The summed E-state index contributed by atoms with van der Waals surface area (Å²) < 4.78 is 1.73. The van der Waals surface area contributed by atoms with Gasteiger partial charge in [0, 0.05) is 23.4 Å². The fourth-order valence-corrected chi connectivity index (χ4v) is 3.32. The topological polar surface area (TPSA) is 101 Å². The molecule has 4 rings (SSSR count). The van der Waals surface area contributed by atoms with E-state index in [1.165, 1.54) is 10.6 Å². The van der Waals surface area contributed by atoms with Gasteiger partial charge in [0.25, 0.3) is 0 Å². The summed E-state index contributed by atoms with van der Waals surface area (Å²) in [7, 11) is 0. The van der Waals surface area contributed by atoms with E-state index < -0.39 is 0 Å². The molecule has 2 heterocycles. The molecule has 4 aromatic rings. The van der Waals surface area contributed by atoms with Gasteiger partial charge in [-0.2, -0.15) is 5.10 Å². The van der Waals surface area contributed by atoms with Gasteiger partial charge in [0.1, 0.15) is 17.0 Å². The lowest BCUT2D eigenvalue weighted by Gasteiger charge is -2.09. The van der Waals surface area contributed by atoms with Crippen LogP contribution in [0, 0.1) is 0 Å². The second kappa shape index (κ2) is 4.31. The number of nitrogens with zero attached hydrogens (tertiary/aromatic N) is 2.